The zero-order valence-corrected chi connectivity index (χ0v) is 14.3. The number of nitriles is 1. The fourth-order valence-corrected chi connectivity index (χ4v) is 3.11. The van der Waals surface area contributed by atoms with Gasteiger partial charge < -0.3 is 9.84 Å². The fourth-order valence-electron chi connectivity index (χ4n) is 3.11. The topological polar surface area (TPSA) is 103 Å². The Morgan fingerprint density at radius 1 is 1.36 bits per heavy atom. The number of hydrogen-bond acceptors (Lipinski definition) is 6. The molecular formula is C18H19N3O4. The monoisotopic (exact) mass is 341 g/mol. The number of aliphatic hydroxyl groups is 1. The number of benzene rings is 1. The number of carbonyl (C=O) groups is 2. The van der Waals surface area contributed by atoms with E-state index in [-0.39, 0.29) is 18.1 Å². The molecule has 1 aromatic carbocycles. The highest BCUT2D eigenvalue weighted by Gasteiger charge is 2.49. The maximum atomic E-state index is 12.7. The third kappa shape index (κ3) is 2.79. The SMILES string of the molecule is CN1N=C(O[C@H]2c3cc(C#N)ccc3C(=O)C(C)(C)[C@@H]2O)CCC1=O. The van der Waals surface area contributed by atoms with Crippen molar-refractivity contribution in [1.29, 1.82) is 5.26 Å². The number of rotatable bonds is 1. The molecule has 0 aromatic heterocycles. The molecule has 1 aliphatic carbocycles. The predicted molar refractivity (Wildman–Crippen MR) is 88.5 cm³/mol. The number of carbonyl (C=O) groups excluding carboxylic acids is 2. The van der Waals surface area contributed by atoms with Crippen LogP contribution in [-0.4, -0.2) is 40.9 Å². The number of ketones is 1. The highest BCUT2D eigenvalue weighted by molar-refractivity contribution is 6.03. The van der Waals surface area contributed by atoms with Gasteiger partial charge in [0.05, 0.1) is 17.0 Å². The average Bonchev–Trinajstić information content (AvgIpc) is 2.59. The Morgan fingerprint density at radius 2 is 2.08 bits per heavy atom. The molecule has 0 saturated carbocycles. The van der Waals surface area contributed by atoms with Crippen LogP contribution in [0.5, 0.6) is 0 Å². The van der Waals surface area contributed by atoms with E-state index < -0.39 is 17.6 Å². The number of amides is 1. The van der Waals surface area contributed by atoms with Gasteiger partial charge in [-0.25, -0.2) is 5.01 Å². The molecule has 0 fully saturated rings. The van der Waals surface area contributed by atoms with E-state index in [4.69, 9.17) is 10.00 Å². The highest BCUT2D eigenvalue weighted by Crippen LogP contribution is 2.43. The lowest BCUT2D eigenvalue weighted by atomic mass is 9.69. The van der Waals surface area contributed by atoms with Crippen LogP contribution < -0.4 is 0 Å². The van der Waals surface area contributed by atoms with Gasteiger partial charge in [0.15, 0.2) is 11.9 Å². The first-order chi connectivity index (χ1) is 11.8. The number of Topliss-reactive ketones (excluding diaryl/α,β-unsaturated/α-hetero) is 1. The Balaban J connectivity index is 2.04. The number of ether oxygens (including phenoxy) is 1. The second-order valence-corrected chi connectivity index (χ2v) is 6.86. The van der Waals surface area contributed by atoms with Gasteiger partial charge in [0.2, 0.25) is 11.8 Å². The van der Waals surface area contributed by atoms with Crippen LogP contribution in [0.25, 0.3) is 0 Å². The molecule has 0 spiro atoms. The first kappa shape index (κ1) is 17.1. The second kappa shape index (κ2) is 5.97. The Bertz CT molecular complexity index is 822. The largest absolute Gasteiger partial charge is 0.469 e. The van der Waals surface area contributed by atoms with Gasteiger partial charge in [0, 0.05) is 31.0 Å². The van der Waals surface area contributed by atoms with Gasteiger partial charge in [-0.2, -0.15) is 5.26 Å². The molecule has 0 saturated heterocycles. The van der Waals surface area contributed by atoms with E-state index in [1.165, 1.54) is 12.1 Å². The Kier molecular flexibility index (Phi) is 4.09. The summed E-state index contributed by atoms with van der Waals surface area (Å²) in [5, 5.41) is 25.2. The van der Waals surface area contributed by atoms with E-state index in [0.717, 1.165) is 0 Å². The van der Waals surface area contributed by atoms with E-state index >= 15 is 0 Å². The Labute approximate surface area is 145 Å². The van der Waals surface area contributed by atoms with Crippen molar-refractivity contribution in [2.75, 3.05) is 7.05 Å². The smallest absolute Gasteiger partial charge is 0.243 e. The van der Waals surface area contributed by atoms with Gasteiger partial charge in [0.25, 0.3) is 0 Å². The minimum atomic E-state index is -1.10. The van der Waals surface area contributed by atoms with E-state index in [1.807, 2.05) is 6.07 Å². The van der Waals surface area contributed by atoms with Gasteiger partial charge >= 0.3 is 0 Å². The van der Waals surface area contributed by atoms with Crippen LogP contribution in [0, 0.1) is 16.7 Å². The second-order valence-electron chi connectivity index (χ2n) is 6.86. The summed E-state index contributed by atoms with van der Waals surface area (Å²) in [6, 6.07) is 6.77. The molecule has 3 rings (SSSR count). The average molecular weight is 341 g/mol. The van der Waals surface area contributed by atoms with Crippen molar-refractivity contribution in [3.63, 3.8) is 0 Å². The number of aliphatic hydroxyl groups excluding tert-OH is 1. The molecule has 1 aromatic rings. The Hall–Kier alpha value is -2.72. The molecule has 7 heteroatoms. The lowest BCUT2D eigenvalue weighted by Gasteiger charge is -2.40. The van der Waals surface area contributed by atoms with Crippen molar-refractivity contribution in [2.24, 2.45) is 10.5 Å². The molecule has 1 aliphatic heterocycles. The van der Waals surface area contributed by atoms with Crippen LogP contribution in [0.4, 0.5) is 0 Å². The quantitative estimate of drug-likeness (QED) is 0.838. The van der Waals surface area contributed by atoms with Crippen molar-refractivity contribution >= 4 is 17.6 Å². The summed E-state index contributed by atoms with van der Waals surface area (Å²) in [6.07, 6.45) is -1.34. The van der Waals surface area contributed by atoms with E-state index in [1.54, 1.807) is 32.0 Å². The molecule has 1 amide bonds. The van der Waals surface area contributed by atoms with E-state index in [2.05, 4.69) is 5.10 Å². The highest BCUT2D eigenvalue weighted by atomic mass is 16.5. The lowest BCUT2D eigenvalue weighted by Crippen LogP contribution is -2.47. The van der Waals surface area contributed by atoms with Gasteiger partial charge in [-0.3, -0.25) is 9.59 Å². The third-order valence-electron chi connectivity index (χ3n) is 4.78. The minimum Gasteiger partial charge on any atom is -0.469 e. The summed E-state index contributed by atoms with van der Waals surface area (Å²) >= 11 is 0. The molecule has 2 atom stereocenters. The summed E-state index contributed by atoms with van der Waals surface area (Å²) in [7, 11) is 1.54. The van der Waals surface area contributed by atoms with Crippen LogP contribution in [0.3, 0.4) is 0 Å². The molecule has 2 aliphatic rings. The molecule has 130 valence electrons. The van der Waals surface area contributed by atoms with Crippen molar-refractivity contribution in [3.8, 4) is 6.07 Å². The number of hydrazone groups is 1. The minimum absolute atomic E-state index is 0.112. The first-order valence-electron chi connectivity index (χ1n) is 8.03. The summed E-state index contributed by atoms with van der Waals surface area (Å²) in [4.78, 5) is 24.3. The normalized spacial score (nSPS) is 25.1. The third-order valence-corrected chi connectivity index (χ3v) is 4.78. The molecule has 0 bridgehead atoms. The predicted octanol–water partition coefficient (Wildman–Crippen LogP) is 1.77. The maximum Gasteiger partial charge on any atom is 0.243 e. The molecule has 25 heavy (non-hydrogen) atoms. The molecule has 7 nitrogen and oxygen atoms in total. The van der Waals surface area contributed by atoms with Crippen molar-refractivity contribution < 1.29 is 19.4 Å². The standard InChI is InChI=1S/C18H19N3O4/c1-18(2)16(23)11-5-4-10(9-19)8-12(11)15(17(18)24)25-13-6-7-14(22)21(3)20-13/h4-5,8,15,17,24H,6-7H2,1-3H3/t15-,17+/m0/s1. The lowest BCUT2D eigenvalue weighted by molar-refractivity contribution is -0.131. The molecular weight excluding hydrogens is 322 g/mol. The summed E-state index contributed by atoms with van der Waals surface area (Å²) < 4.78 is 5.92. The fraction of sp³-hybridized carbons (Fsp3) is 0.444. The first-order valence-corrected chi connectivity index (χ1v) is 8.03. The number of nitrogens with zero attached hydrogens (tertiary/aromatic N) is 3. The summed E-state index contributed by atoms with van der Waals surface area (Å²) in [5.41, 5.74) is 0.242. The van der Waals surface area contributed by atoms with Crippen LogP contribution in [-0.2, 0) is 9.53 Å². The van der Waals surface area contributed by atoms with Crippen LogP contribution in [0.2, 0.25) is 0 Å². The van der Waals surface area contributed by atoms with Gasteiger partial charge in [0.1, 0.15) is 6.10 Å². The molecule has 0 unspecified atom stereocenters. The van der Waals surface area contributed by atoms with Gasteiger partial charge in [-0.15, -0.1) is 5.10 Å². The van der Waals surface area contributed by atoms with Crippen LogP contribution >= 0.6 is 0 Å². The van der Waals surface area contributed by atoms with Crippen molar-refractivity contribution in [1.82, 2.24) is 5.01 Å². The molecule has 1 N–H and O–H groups in total. The van der Waals surface area contributed by atoms with E-state index in [0.29, 0.717) is 29.0 Å². The molecule has 0 radical (unpaired) electrons. The number of hydrogen-bond donors (Lipinski definition) is 1. The summed E-state index contributed by atoms with van der Waals surface area (Å²) in [5.74, 6) is 0.0149. The zero-order valence-electron chi connectivity index (χ0n) is 14.3. The van der Waals surface area contributed by atoms with Crippen molar-refractivity contribution in [2.45, 2.75) is 38.9 Å². The number of fused-ring (bicyclic) bond motifs is 1. The van der Waals surface area contributed by atoms with E-state index in [9.17, 15) is 14.7 Å². The van der Waals surface area contributed by atoms with Crippen molar-refractivity contribution in [3.05, 3.63) is 34.9 Å². The zero-order chi connectivity index (χ0) is 18.4. The van der Waals surface area contributed by atoms with Crippen LogP contribution in [0.15, 0.2) is 23.3 Å². The Morgan fingerprint density at radius 3 is 2.72 bits per heavy atom. The summed E-state index contributed by atoms with van der Waals surface area (Å²) in [6.45, 7) is 3.33. The molecule has 1 heterocycles. The van der Waals surface area contributed by atoms with Gasteiger partial charge in [-0.05, 0) is 32.0 Å². The van der Waals surface area contributed by atoms with Crippen LogP contribution in [0.1, 0.15) is 54.3 Å². The van der Waals surface area contributed by atoms with Gasteiger partial charge in [-0.1, -0.05) is 0 Å². The maximum absolute atomic E-state index is 12.7.